The number of ether oxygens (including phenoxy) is 1. The van der Waals surface area contributed by atoms with Gasteiger partial charge in [-0.2, -0.15) is 0 Å². The van der Waals surface area contributed by atoms with Crippen molar-refractivity contribution >= 4 is 0 Å². The highest BCUT2D eigenvalue weighted by Crippen LogP contribution is 2.34. The Kier molecular flexibility index (Phi) is 4.23. The van der Waals surface area contributed by atoms with Gasteiger partial charge in [0.2, 0.25) is 0 Å². The monoisotopic (exact) mass is 288 g/mol. The highest BCUT2D eigenvalue weighted by Gasteiger charge is 2.40. The average Bonchev–Trinajstić information content (AvgIpc) is 2.51. The third-order valence-corrected chi connectivity index (χ3v) is 5.43. The van der Waals surface area contributed by atoms with E-state index in [-0.39, 0.29) is 0 Å². The second-order valence-corrected chi connectivity index (χ2v) is 6.95. The summed E-state index contributed by atoms with van der Waals surface area (Å²) < 4.78 is 5.58. The molecule has 0 aliphatic carbocycles. The molecule has 4 rings (SSSR count). The number of nitrogens with zero attached hydrogens (tertiary/aromatic N) is 1. The van der Waals surface area contributed by atoms with Gasteiger partial charge in [-0.25, -0.2) is 0 Å². The van der Waals surface area contributed by atoms with Crippen LogP contribution in [-0.2, 0) is 6.42 Å². The first kappa shape index (κ1) is 14.9. The van der Waals surface area contributed by atoms with E-state index in [9.17, 15) is 0 Å². The number of rotatable bonds is 4. The van der Waals surface area contributed by atoms with Crippen LogP contribution < -0.4 is 10.5 Å². The lowest BCUT2D eigenvalue weighted by Gasteiger charge is -2.50. The predicted octanol–water partition coefficient (Wildman–Crippen LogP) is 2.78. The van der Waals surface area contributed by atoms with Crippen molar-refractivity contribution in [1.82, 2.24) is 4.90 Å². The minimum Gasteiger partial charge on any atom is -0.496 e. The third kappa shape index (κ3) is 2.82. The van der Waals surface area contributed by atoms with Crippen molar-refractivity contribution < 1.29 is 4.74 Å². The van der Waals surface area contributed by atoms with Crippen LogP contribution in [0.2, 0.25) is 0 Å². The zero-order chi connectivity index (χ0) is 15.0. The molecule has 116 valence electrons. The van der Waals surface area contributed by atoms with E-state index in [2.05, 4.69) is 36.9 Å². The number of hydrogen-bond acceptors (Lipinski definition) is 3. The Balaban J connectivity index is 1.84. The van der Waals surface area contributed by atoms with E-state index >= 15 is 0 Å². The molecule has 3 saturated heterocycles. The first-order valence-corrected chi connectivity index (χ1v) is 8.26. The molecule has 0 aromatic heterocycles. The van der Waals surface area contributed by atoms with Gasteiger partial charge in [0.05, 0.1) is 7.11 Å². The van der Waals surface area contributed by atoms with E-state index in [4.69, 9.17) is 10.5 Å². The van der Waals surface area contributed by atoms with E-state index in [0.29, 0.717) is 18.0 Å². The highest BCUT2D eigenvalue weighted by atomic mass is 16.5. The van der Waals surface area contributed by atoms with Gasteiger partial charge in [0.25, 0.3) is 0 Å². The van der Waals surface area contributed by atoms with Crippen molar-refractivity contribution in [2.75, 3.05) is 20.2 Å². The first-order valence-electron chi connectivity index (χ1n) is 8.26. The van der Waals surface area contributed by atoms with E-state index in [1.807, 2.05) is 0 Å². The van der Waals surface area contributed by atoms with Gasteiger partial charge in [-0.05, 0) is 61.4 Å². The largest absolute Gasteiger partial charge is 0.496 e. The van der Waals surface area contributed by atoms with Crippen LogP contribution in [0.4, 0.5) is 0 Å². The molecule has 3 heterocycles. The smallest absolute Gasteiger partial charge is 0.122 e. The van der Waals surface area contributed by atoms with Crippen LogP contribution in [0.3, 0.4) is 0 Å². The molecule has 3 nitrogen and oxygen atoms in total. The summed E-state index contributed by atoms with van der Waals surface area (Å²) in [4.78, 5) is 2.59. The summed E-state index contributed by atoms with van der Waals surface area (Å²) in [7, 11) is 1.76. The van der Waals surface area contributed by atoms with Crippen LogP contribution in [-0.4, -0.2) is 37.2 Å². The molecule has 21 heavy (non-hydrogen) atoms. The standard InChI is InChI=1S/C18H28N2O/c1-12(2)14-4-5-17(21-3)15(10-14)11-16-18(19)13-6-8-20(16)9-7-13/h4-5,10,12-13,16,18H,6-9,11,19H2,1-3H3. The Labute approximate surface area is 128 Å². The zero-order valence-corrected chi connectivity index (χ0v) is 13.5. The fourth-order valence-corrected chi connectivity index (χ4v) is 4.00. The minimum atomic E-state index is 0.319. The molecule has 2 unspecified atom stereocenters. The summed E-state index contributed by atoms with van der Waals surface area (Å²) >= 11 is 0. The molecule has 2 atom stereocenters. The second kappa shape index (κ2) is 5.98. The van der Waals surface area contributed by atoms with E-state index in [1.54, 1.807) is 7.11 Å². The van der Waals surface area contributed by atoms with Crippen LogP contribution in [0.25, 0.3) is 0 Å². The summed E-state index contributed by atoms with van der Waals surface area (Å²) in [6.45, 7) is 6.91. The maximum absolute atomic E-state index is 6.52. The molecule has 0 spiro atoms. The van der Waals surface area contributed by atoms with Crippen LogP contribution in [0.15, 0.2) is 18.2 Å². The van der Waals surface area contributed by atoms with Gasteiger partial charge in [0.1, 0.15) is 5.75 Å². The molecule has 3 aliphatic heterocycles. The third-order valence-electron chi connectivity index (χ3n) is 5.43. The molecular formula is C18H28N2O. The molecule has 3 heteroatoms. The molecule has 1 aromatic rings. The average molecular weight is 288 g/mol. The van der Waals surface area contributed by atoms with Crippen molar-refractivity contribution in [3.8, 4) is 5.75 Å². The van der Waals surface area contributed by atoms with Crippen molar-refractivity contribution in [3.05, 3.63) is 29.3 Å². The minimum absolute atomic E-state index is 0.319. The Hall–Kier alpha value is -1.06. The Morgan fingerprint density at radius 3 is 2.57 bits per heavy atom. The Morgan fingerprint density at radius 2 is 2.00 bits per heavy atom. The quantitative estimate of drug-likeness (QED) is 0.926. The maximum atomic E-state index is 6.52. The zero-order valence-electron chi connectivity index (χ0n) is 13.5. The fraction of sp³-hybridized carbons (Fsp3) is 0.667. The number of benzene rings is 1. The summed E-state index contributed by atoms with van der Waals surface area (Å²) in [6, 6.07) is 7.42. The maximum Gasteiger partial charge on any atom is 0.122 e. The summed E-state index contributed by atoms with van der Waals surface area (Å²) in [5.74, 6) is 2.28. The molecule has 0 saturated carbocycles. The number of methoxy groups -OCH3 is 1. The molecule has 1 aromatic carbocycles. The molecule has 2 N–H and O–H groups in total. The van der Waals surface area contributed by atoms with E-state index in [0.717, 1.165) is 18.1 Å². The van der Waals surface area contributed by atoms with Gasteiger partial charge in [-0.1, -0.05) is 26.0 Å². The topological polar surface area (TPSA) is 38.5 Å². The Bertz CT molecular complexity index is 490. The highest BCUT2D eigenvalue weighted by molar-refractivity contribution is 5.39. The van der Waals surface area contributed by atoms with Gasteiger partial charge in [0, 0.05) is 12.1 Å². The Morgan fingerprint density at radius 1 is 1.29 bits per heavy atom. The lowest BCUT2D eigenvalue weighted by atomic mass is 9.77. The SMILES string of the molecule is COc1ccc(C(C)C)cc1CC1C(N)C2CCN1CC2. The molecule has 3 aliphatic rings. The van der Waals surface area contributed by atoms with Crippen LogP contribution in [0.5, 0.6) is 5.75 Å². The van der Waals surface area contributed by atoms with Crippen molar-refractivity contribution in [2.24, 2.45) is 11.7 Å². The van der Waals surface area contributed by atoms with Crippen molar-refractivity contribution in [1.29, 1.82) is 0 Å². The lowest BCUT2D eigenvalue weighted by Crippen LogP contribution is -2.61. The van der Waals surface area contributed by atoms with Gasteiger partial charge in [0.15, 0.2) is 0 Å². The molecular weight excluding hydrogens is 260 g/mol. The number of piperidine rings is 3. The number of hydrogen-bond donors (Lipinski definition) is 1. The number of fused-ring (bicyclic) bond motifs is 3. The second-order valence-electron chi connectivity index (χ2n) is 6.95. The molecule has 2 bridgehead atoms. The normalized spacial score (nSPS) is 31.7. The molecule has 0 amide bonds. The van der Waals surface area contributed by atoms with Gasteiger partial charge < -0.3 is 10.5 Å². The van der Waals surface area contributed by atoms with E-state index < -0.39 is 0 Å². The molecule has 3 fully saturated rings. The van der Waals surface area contributed by atoms with Gasteiger partial charge in [-0.15, -0.1) is 0 Å². The predicted molar refractivity (Wildman–Crippen MR) is 86.8 cm³/mol. The summed E-state index contributed by atoms with van der Waals surface area (Å²) in [6.07, 6.45) is 3.57. The van der Waals surface area contributed by atoms with Crippen molar-refractivity contribution in [3.63, 3.8) is 0 Å². The number of nitrogens with two attached hydrogens (primary N) is 1. The fourth-order valence-electron chi connectivity index (χ4n) is 4.00. The van der Waals surface area contributed by atoms with Crippen molar-refractivity contribution in [2.45, 2.75) is 51.1 Å². The van der Waals surface area contributed by atoms with Crippen LogP contribution >= 0.6 is 0 Å². The van der Waals surface area contributed by atoms with Gasteiger partial charge in [-0.3, -0.25) is 4.90 Å². The van der Waals surface area contributed by atoms with E-state index in [1.165, 1.54) is 37.1 Å². The first-order chi connectivity index (χ1) is 10.1. The summed E-state index contributed by atoms with van der Waals surface area (Å²) in [5.41, 5.74) is 9.22. The molecule has 0 radical (unpaired) electrons. The van der Waals surface area contributed by atoms with Gasteiger partial charge >= 0.3 is 0 Å². The van der Waals surface area contributed by atoms with Crippen LogP contribution in [0.1, 0.15) is 43.7 Å². The lowest BCUT2D eigenvalue weighted by molar-refractivity contribution is 0.0285. The summed E-state index contributed by atoms with van der Waals surface area (Å²) in [5, 5.41) is 0. The van der Waals surface area contributed by atoms with Crippen LogP contribution in [0, 0.1) is 5.92 Å².